The summed E-state index contributed by atoms with van der Waals surface area (Å²) in [4.78, 5) is 30.9. The van der Waals surface area contributed by atoms with Crippen molar-refractivity contribution in [2.75, 3.05) is 13.1 Å². The summed E-state index contributed by atoms with van der Waals surface area (Å²) in [5.74, 6) is 0.690. The van der Waals surface area contributed by atoms with E-state index < -0.39 is 0 Å². The van der Waals surface area contributed by atoms with Crippen molar-refractivity contribution in [3.8, 4) is 0 Å². The Morgan fingerprint density at radius 1 is 0.966 bits per heavy atom. The molecule has 4 rings (SSSR count). The molecular formula is C25H28N2O2. The van der Waals surface area contributed by atoms with Gasteiger partial charge in [-0.15, -0.1) is 0 Å². The minimum atomic E-state index is 0.0619. The van der Waals surface area contributed by atoms with Crippen LogP contribution in [-0.2, 0) is 11.2 Å². The maximum Gasteiger partial charge on any atom is 0.223 e. The molecule has 29 heavy (non-hydrogen) atoms. The lowest BCUT2D eigenvalue weighted by atomic mass is 9.89. The molecule has 4 heteroatoms. The van der Waals surface area contributed by atoms with Crippen LogP contribution in [0.4, 0.5) is 0 Å². The van der Waals surface area contributed by atoms with Crippen LogP contribution >= 0.6 is 0 Å². The van der Waals surface area contributed by atoms with Crippen LogP contribution in [0.25, 0.3) is 10.9 Å². The van der Waals surface area contributed by atoms with Crippen molar-refractivity contribution < 1.29 is 9.59 Å². The molecule has 1 saturated heterocycles. The Morgan fingerprint density at radius 3 is 2.38 bits per heavy atom. The van der Waals surface area contributed by atoms with Crippen LogP contribution in [0, 0.1) is 0 Å². The smallest absolute Gasteiger partial charge is 0.223 e. The van der Waals surface area contributed by atoms with Crippen molar-refractivity contribution in [3.05, 3.63) is 71.4 Å². The number of carbonyl (C=O) groups is 2. The number of likely N-dealkylation sites (tertiary alicyclic amines) is 1. The first-order valence-corrected chi connectivity index (χ1v) is 10.6. The number of fused-ring (bicyclic) bond motifs is 1. The molecule has 0 saturated carbocycles. The molecule has 0 unspecified atom stereocenters. The molecule has 1 aliphatic rings. The number of piperidine rings is 1. The first kappa shape index (κ1) is 19.4. The molecule has 0 bridgehead atoms. The Labute approximate surface area is 171 Å². The molecule has 3 aromatic rings. The zero-order chi connectivity index (χ0) is 20.2. The number of rotatable bonds is 6. The van der Waals surface area contributed by atoms with E-state index in [4.69, 9.17) is 0 Å². The largest absolute Gasteiger partial charge is 0.358 e. The van der Waals surface area contributed by atoms with Gasteiger partial charge in [-0.05, 0) is 36.8 Å². The van der Waals surface area contributed by atoms with Gasteiger partial charge in [0.15, 0.2) is 5.78 Å². The van der Waals surface area contributed by atoms with Crippen molar-refractivity contribution in [3.63, 3.8) is 0 Å². The van der Waals surface area contributed by atoms with Gasteiger partial charge in [0.25, 0.3) is 0 Å². The summed E-state index contributed by atoms with van der Waals surface area (Å²) >= 11 is 0. The normalized spacial score (nSPS) is 15.0. The second-order valence-electron chi connectivity index (χ2n) is 7.87. The maximum absolute atomic E-state index is 12.9. The zero-order valence-corrected chi connectivity index (χ0v) is 17.0. The molecule has 1 aliphatic heterocycles. The number of aromatic amines is 1. The number of amides is 1. The van der Waals surface area contributed by atoms with Gasteiger partial charge in [0.05, 0.1) is 0 Å². The van der Waals surface area contributed by atoms with Crippen molar-refractivity contribution >= 4 is 22.6 Å². The first-order valence-electron chi connectivity index (χ1n) is 10.6. The molecule has 2 heterocycles. The lowest BCUT2D eigenvalue weighted by molar-refractivity contribution is -0.132. The van der Waals surface area contributed by atoms with E-state index in [1.165, 1.54) is 5.56 Å². The predicted octanol–water partition coefficient (Wildman–Crippen LogP) is 5.10. The second-order valence-corrected chi connectivity index (χ2v) is 7.87. The lowest BCUT2D eigenvalue weighted by Gasteiger charge is -2.32. The van der Waals surface area contributed by atoms with Crippen LogP contribution in [0.15, 0.2) is 54.6 Å². The molecule has 150 valence electrons. The molecule has 1 aromatic heterocycles. The number of para-hydroxylation sites is 1. The lowest BCUT2D eigenvalue weighted by Crippen LogP contribution is -2.38. The molecule has 4 nitrogen and oxygen atoms in total. The highest BCUT2D eigenvalue weighted by Crippen LogP contribution is 2.29. The fourth-order valence-electron chi connectivity index (χ4n) is 4.47. The van der Waals surface area contributed by atoms with E-state index in [0.29, 0.717) is 5.92 Å². The van der Waals surface area contributed by atoms with Gasteiger partial charge in [0.1, 0.15) is 0 Å². The molecule has 1 amide bonds. The summed E-state index contributed by atoms with van der Waals surface area (Å²) in [7, 11) is 0. The Balaban J connectivity index is 1.35. The topological polar surface area (TPSA) is 53.2 Å². The third-order valence-electron chi connectivity index (χ3n) is 6.10. The average Bonchev–Trinajstić information content (AvgIpc) is 3.17. The quantitative estimate of drug-likeness (QED) is 0.597. The van der Waals surface area contributed by atoms with E-state index in [1.54, 1.807) is 0 Å². The van der Waals surface area contributed by atoms with Crippen molar-refractivity contribution in [2.24, 2.45) is 0 Å². The van der Waals surface area contributed by atoms with Crippen LogP contribution in [0.1, 0.15) is 60.1 Å². The first-order chi connectivity index (χ1) is 14.2. The zero-order valence-electron chi connectivity index (χ0n) is 17.0. The van der Waals surface area contributed by atoms with Gasteiger partial charge < -0.3 is 9.88 Å². The molecule has 1 fully saturated rings. The second kappa shape index (κ2) is 8.64. The van der Waals surface area contributed by atoms with Crippen LogP contribution in [0.2, 0.25) is 0 Å². The average molecular weight is 389 g/mol. The highest BCUT2D eigenvalue weighted by molar-refractivity contribution is 6.09. The minimum Gasteiger partial charge on any atom is -0.358 e. The summed E-state index contributed by atoms with van der Waals surface area (Å²) in [6.07, 6.45) is 3.32. The van der Waals surface area contributed by atoms with E-state index in [9.17, 15) is 9.59 Å². The third kappa shape index (κ3) is 4.12. The SMILES string of the molecule is CCc1[nH]c2ccccc2c1C(=O)CCC(=O)N1CCC(c2ccccc2)CC1. The Morgan fingerprint density at radius 2 is 1.66 bits per heavy atom. The molecular weight excluding hydrogens is 360 g/mol. The fraction of sp³-hybridized carbons (Fsp3) is 0.360. The number of nitrogens with zero attached hydrogens (tertiary/aromatic N) is 1. The van der Waals surface area contributed by atoms with E-state index in [1.807, 2.05) is 42.2 Å². The molecule has 0 spiro atoms. The number of ketones is 1. The minimum absolute atomic E-state index is 0.0619. The van der Waals surface area contributed by atoms with Crippen LogP contribution < -0.4 is 0 Å². The van der Waals surface area contributed by atoms with Crippen molar-refractivity contribution in [2.45, 2.75) is 44.9 Å². The Bertz CT molecular complexity index is 998. The highest BCUT2D eigenvalue weighted by Gasteiger charge is 2.25. The summed E-state index contributed by atoms with van der Waals surface area (Å²) in [5, 5.41) is 0.963. The van der Waals surface area contributed by atoms with E-state index >= 15 is 0 Å². The highest BCUT2D eigenvalue weighted by atomic mass is 16.2. The van der Waals surface area contributed by atoms with E-state index in [0.717, 1.165) is 54.5 Å². The van der Waals surface area contributed by atoms with Crippen molar-refractivity contribution in [1.29, 1.82) is 0 Å². The van der Waals surface area contributed by atoms with Gasteiger partial charge in [-0.25, -0.2) is 0 Å². The number of nitrogens with one attached hydrogen (secondary N) is 1. The standard InChI is InChI=1S/C25H28N2O2/c1-2-21-25(20-10-6-7-11-22(20)26-21)23(28)12-13-24(29)27-16-14-19(15-17-27)18-8-4-3-5-9-18/h3-11,19,26H,2,12-17H2,1H3. The van der Waals surface area contributed by atoms with Crippen LogP contribution in [0.3, 0.4) is 0 Å². The predicted molar refractivity (Wildman–Crippen MR) is 116 cm³/mol. The summed E-state index contributed by atoms with van der Waals surface area (Å²) in [6, 6.07) is 18.4. The van der Waals surface area contributed by atoms with Gasteiger partial charge in [0.2, 0.25) is 5.91 Å². The van der Waals surface area contributed by atoms with E-state index in [-0.39, 0.29) is 24.5 Å². The number of hydrogen-bond donors (Lipinski definition) is 1. The van der Waals surface area contributed by atoms with Crippen LogP contribution in [-0.4, -0.2) is 34.7 Å². The number of hydrogen-bond acceptors (Lipinski definition) is 2. The van der Waals surface area contributed by atoms with Gasteiger partial charge >= 0.3 is 0 Å². The number of carbonyl (C=O) groups excluding carboxylic acids is 2. The van der Waals surface area contributed by atoms with Crippen molar-refractivity contribution in [1.82, 2.24) is 9.88 Å². The monoisotopic (exact) mass is 388 g/mol. The summed E-state index contributed by atoms with van der Waals surface area (Å²) < 4.78 is 0. The van der Waals surface area contributed by atoms with Crippen LogP contribution in [0.5, 0.6) is 0 Å². The van der Waals surface area contributed by atoms with Gasteiger partial charge in [-0.2, -0.15) is 0 Å². The number of aryl methyl sites for hydroxylation is 1. The molecule has 2 aromatic carbocycles. The molecule has 0 radical (unpaired) electrons. The number of Topliss-reactive ketones (excluding diaryl/α,β-unsaturated/α-hetero) is 1. The van der Waals surface area contributed by atoms with Gasteiger partial charge in [0, 0.05) is 48.1 Å². The summed E-state index contributed by atoms with van der Waals surface area (Å²) in [6.45, 7) is 3.60. The molecule has 0 atom stereocenters. The molecule has 0 aliphatic carbocycles. The summed E-state index contributed by atoms with van der Waals surface area (Å²) in [5.41, 5.74) is 4.08. The Hall–Kier alpha value is -2.88. The van der Waals surface area contributed by atoms with Gasteiger partial charge in [-0.3, -0.25) is 9.59 Å². The number of benzene rings is 2. The third-order valence-corrected chi connectivity index (χ3v) is 6.10. The maximum atomic E-state index is 12.9. The Kier molecular flexibility index (Phi) is 5.79. The molecule has 1 N–H and O–H groups in total. The van der Waals surface area contributed by atoms with Gasteiger partial charge in [-0.1, -0.05) is 55.5 Å². The number of H-pyrrole nitrogens is 1. The number of aromatic nitrogens is 1. The van der Waals surface area contributed by atoms with E-state index in [2.05, 4.69) is 29.2 Å². The fourth-order valence-corrected chi connectivity index (χ4v) is 4.47.